The number of halogens is 7. The Morgan fingerprint density at radius 1 is 0.800 bits per heavy atom. The second kappa shape index (κ2) is 5.26. The first kappa shape index (κ1) is 16.8. The maximum Gasteiger partial charge on any atom is 0.435 e. The predicted molar refractivity (Wildman–Crippen MR) is 58.9 cm³/mol. The molecule has 0 aliphatic heterocycles. The molecule has 0 heterocycles. The van der Waals surface area contributed by atoms with Gasteiger partial charge in [0.05, 0.1) is 0 Å². The Kier molecular flexibility index (Phi) is 4.41. The van der Waals surface area contributed by atoms with E-state index in [1.807, 2.05) is 0 Å². The minimum atomic E-state index is -6.08. The lowest BCUT2D eigenvalue weighted by Crippen LogP contribution is -2.50. The molecule has 0 saturated carbocycles. The first-order chi connectivity index (χ1) is 8.97. The largest absolute Gasteiger partial charge is 0.435 e. The van der Waals surface area contributed by atoms with Crippen LogP contribution in [0.4, 0.5) is 30.7 Å². The summed E-state index contributed by atoms with van der Waals surface area (Å²) in [7, 11) is 0. The number of aryl methyl sites for hydroxylation is 2. The molecule has 0 aliphatic rings. The fourth-order valence-corrected chi connectivity index (χ4v) is 1.76. The third-order valence-electron chi connectivity index (χ3n) is 2.92. The van der Waals surface area contributed by atoms with Gasteiger partial charge in [0, 0.05) is 5.56 Å². The predicted octanol–water partition coefficient (Wildman–Crippen LogP) is 4.90. The van der Waals surface area contributed by atoms with Gasteiger partial charge in [-0.25, -0.2) is 4.39 Å². The molecule has 7 heteroatoms. The van der Waals surface area contributed by atoms with Gasteiger partial charge in [-0.2, -0.15) is 26.3 Å². The molecule has 1 aromatic carbocycles. The van der Waals surface area contributed by atoms with E-state index >= 15 is 0 Å². The number of alkyl halides is 7. The lowest BCUT2D eigenvalue weighted by molar-refractivity contribution is -0.348. The van der Waals surface area contributed by atoms with Crippen LogP contribution < -0.4 is 0 Å². The molecule has 0 atom stereocenters. The summed E-state index contributed by atoms with van der Waals surface area (Å²) in [6, 6.07) is 3.80. The number of hydrogen-bond donors (Lipinski definition) is 0. The summed E-state index contributed by atoms with van der Waals surface area (Å²) in [6.07, 6.45) is -11.8. The van der Waals surface area contributed by atoms with Crippen molar-refractivity contribution in [2.45, 2.75) is 44.7 Å². The van der Waals surface area contributed by atoms with Gasteiger partial charge in [0.1, 0.15) is 0 Å². The van der Waals surface area contributed by atoms with E-state index in [0.717, 1.165) is 0 Å². The molecule has 1 aromatic rings. The van der Waals surface area contributed by atoms with Crippen LogP contribution in [0.25, 0.3) is 0 Å². The van der Waals surface area contributed by atoms with Crippen molar-refractivity contribution in [3.05, 3.63) is 34.9 Å². The highest BCUT2D eigenvalue weighted by molar-refractivity contribution is 5.35. The average molecular weight is 301 g/mol. The van der Waals surface area contributed by atoms with Crippen LogP contribution in [0.5, 0.6) is 0 Å². The first-order valence-corrected chi connectivity index (χ1v) is 5.85. The second-order valence-electron chi connectivity index (χ2n) is 4.28. The summed E-state index contributed by atoms with van der Waals surface area (Å²) in [5, 5.41) is 0. The zero-order chi connectivity index (χ0) is 15.8. The summed E-state index contributed by atoms with van der Waals surface area (Å²) >= 11 is 0. The van der Waals surface area contributed by atoms with E-state index in [4.69, 9.17) is 0 Å². The van der Waals surface area contributed by atoms with Crippen molar-refractivity contribution < 1.29 is 30.7 Å². The van der Waals surface area contributed by atoms with Crippen LogP contribution in [-0.4, -0.2) is 12.4 Å². The van der Waals surface area contributed by atoms with Crippen LogP contribution in [0.1, 0.15) is 30.5 Å². The molecule has 113 valence electrons. The molecule has 0 fully saturated rings. The average Bonchev–Trinajstić information content (AvgIpc) is 2.34. The molecule has 0 unspecified atom stereocenters. The SMILES string of the molecule is CCc1[c]c(CC)cc(C(F)(C(F)(F)F)C(F)(F)F)c1. The maximum absolute atomic E-state index is 13.9. The molecule has 0 spiro atoms. The van der Waals surface area contributed by atoms with Gasteiger partial charge < -0.3 is 0 Å². The Morgan fingerprint density at radius 3 is 1.40 bits per heavy atom. The molecule has 0 aliphatic carbocycles. The topological polar surface area (TPSA) is 0 Å². The zero-order valence-electron chi connectivity index (χ0n) is 10.7. The quantitative estimate of drug-likeness (QED) is 0.697. The van der Waals surface area contributed by atoms with Crippen LogP contribution >= 0.6 is 0 Å². The lowest BCUT2D eigenvalue weighted by atomic mass is 9.90. The van der Waals surface area contributed by atoms with Crippen molar-refractivity contribution in [2.75, 3.05) is 0 Å². The van der Waals surface area contributed by atoms with E-state index < -0.39 is 23.6 Å². The number of benzene rings is 1. The molecule has 0 bridgehead atoms. The van der Waals surface area contributed by atoms with Gasteiger partial charge in [-0.05, 0) is 30.0 Å². The molecule has 1 radical (unpaired) electrons. The third-order valence-corrected chi connectivity index (χ3v) is 2.92. The van der Waals surface area contributed by atoms with Crippen LogP contribution in [0.15, 0.2) is 12.1 Å². The van der Waals surface area contributed by atoms with Crippen LogP contribution in [0.2, 0.25) is 0 Å². The molecule has 0 aromatic heterocycles. The fourth-order valence-electron chi connectivity index (χ4n) is 1.76. The molecular weight excluding hydrogens is 289 g/mol. The number of hydrogen-bond acceptors (Lipinski definition) is 0. The van der Waals surface area contributed by atoms with Gasteiger partial charge in [0.15, 0.2) is 0 Å². The van der Waals surface area contributed by atoms with Gasteiger partial charge >= 0.3 is 18.0 Å². The highest BCUT2D eigenvalue weighted by Crippen LogP contribution is 2.53. The Labute approximate surface area is 111 Å². The minimum Gasteiger partial charge on any atom is -0.218 e. The molecule has 1 rings (SSSR count). The van der Waals surface area contributed by atoms with E-state index in [-0.39, 0.29) is 24.0 Å². The van der Waals surface area contributed by atoms with E-state index in [2.05, 4.69) is 6.07 Å². The highest BCUT2D eigenvalue weighted by atomic mass is 19.4. The normalized spacial score (nSPS) is 13.7. The number of rotatable bonds is 3. The zero-order valence-corrected chi connectivity index (χ0v) is 10.7. The van der Waals surface area contributed by atoms with Crippen molar-refractivity contribution in [1.29, 1.82) is 0 Å². The van der Waals surface area contributed by atoms with Crippen molar-refractivity contribution in [1.82, 2.24) is 0 Å². The van der Waals surface area contributed by atoms with Crippen molar-refractivity contribution >= 4 is 0 Å². The Morgan fingerprint density at radius 2 is 1.15 bits per heavy atom. The smallest absolute Gasteiger partial charge is 0.218 e. The van der Waals surface area contributed by atoms with Crippen molar-refractivity contribution in [2.24, 2.45) is 0 Å². The molecule has 20 heavy (non-hydrogen) atoms. The minimum absolute atomic E-state index is 0.106. The summed E-state index contributed by atoms with van der Waals surface area (Å²) in [6.45, 7) is 3.08. The van der Waals surface area contributed by atoms with Gasteiger partial charge in [-0.1, -0.05) is 26.0 Å². The van der Waals surface area contributed by atoms with Crippen LogP contribution in [0.3, 0.4) is 0 Å². The van der Waals surface area contributed by atoms with Gasteiger partial charge in [0.2, 0.25) is 0 Å². The maximum atomic E-state index is 13.9. The summed E-state index contributed by atoms with van der Waals surface area (Å²) in [4.78, 5) is 0. The van der Waals surface area contributed by atoms with E-state index in [1.165, 1.54) is 13.8 Å². The first-order valence-electron chi connectivity index (χ1n) is 5.85. The summed E-state index contributed by atoms with van der Waals surface area (Å²) < 4.78 is 89.8. The lowest BCUT2D eigenvalue weighted by Gasteiger charge is -2.30. The van der Waals surface area contributed by atoms with Crippen molar-refractivity contribution in [3.63, 3.8) is 0 Å². The van der Waals surface area contributed by atoms with Crippen molar-refractivity contribution in [3.8, 4) is 0 Å². The molecular formula is C13H12F7. The van der Waals surface area contributed by atoms with E-state index in [1.54, 1.807) is 0 Å². The van der Waals surface area contributed by atoms with E-state index in [9.17, 15) is 30.7 Å². The monoisotopic (exact) mass is 301 g/mol. The Balaban J connectivity index is 3.58. The van der Waals surface area contributed by atoms with Crippen LogP contribution in [-0.2, 0) is 18.5 Å². The molecule has 0 nitrogen and oxygen atoms in total. The highest BCUT2D eigenvalue weighted by Gasteiger charge is 2.73. The Bertz CT molecular complexity index is 434. The summed E-state index contributed by atoms with van der Waals surface area (Å²) in [5.41, 5.74) is -6.60. The van der Waals surface area contributed by atoms with E-state index in [0.29, 0.717) is 12.1 Å². The molecule has 0 saturated heterocycles. The fraction of sp³-hybridized carbons (Fsp3) is 0.538. The molecule has 0 amide bonds. The standard InChI is InChI=1S/C13H12F7/c1-3-8-5-9(4-2)7-10(6-8)11(14,12(15,16)17)13(18,19)20/h6-7H,3-4H2,1-2H3. The molecule has 0 N–H and O–H groups in total. The van der Waals surface area contributed by atoms with Gasteiger partial charge in [-0.15, -0.1) is 0 Å². The third kappa shape index (κ3) is 2.76. The van der Waals surface area contributed by atoms with Gasteiger partial charge in [0.25, 0.3) is 0 Å². The van der Waals surface area contributed by atoms with Gasteiger partial charge in [-0.3, -0.25) is 0 Å². The summed E-state index contributed by atoms with van der Waals surface area (Å²) in [5.74, 6) is 0. The van der Waals surface area contributed by atoms with Crippen LogP contribution in [0, 0.1) is 6.07 Å². The second-order valence-corrected chi connectivity index (χ2v) is 4.28. The Hall–Kier alpha value is -1.27.